The number of hydrogen-bond acceptors (Lipinski definition) is 8. The first kappa shape index (κ1) is 23.4. The van der Waals surface area contributed by atoms with Gasteiger partial charge in [0, 0.05) is 31.7 Å². The minimum atomic E-state index is -0.787. The van der Waals surface area contributed by atoms with E-state index in [1.165, 1.54) is 4.90 Å². The molecule has 0 bridgehead atoms. The number of nitrogens with zero attached hydrogens (tertiary/aromatic N) is 7. The molecule has 6 rings (SSSR count). The van der Waals surface area contributed by atoms with E-state index in [-0.39, 0.29) is 19.1 Å². The predicted molar refractivity (Wildman–Crippen MR) is 139 cm³/mol. The summed E-state index contributed by atoms with van der Waals surface area (Å²) >= 11 is 0. The van der Waals surface area contributed by atoms with Crippen LogP contribution in [0, 0.1) is 0 Å². The first-order chi connectivity index (χ1) is 18.5. The largest absolute Gasteiger partial charge is 0.445 e. The van der Waals surface area contributed by atoms with Crippen LogP contribution in [0.25, 0.3) is 27.9 Å². The fourth-order valence-electron chi connectivity index (χ4n) is 4.38. The van der Waals surface area contributed by atoms with Gasteiger partial charge in [0.15, 0.2) is 11.5 Å². The molecule has 4 heterocycles. The van der Waals surface area contributed by atoms with Gasteiger partial charge in [0.05, 0.1) is 23.8 Å². The number of fused-ring (bicyclic) bond motifs is 3. The second-order valence-corrected chi connectivity index (χ2v) is 9.00. The Hall–Kier alpha value is -5.00. The number of para-hydroxylation sites is 1. The van der Waals surface area contributed by atoms with Crippen molar-refractivity contribution in [1.29, 1.82) is 0 Å². The normalized spacial score (nSPS) is 15.9. The second kappa shape index (κ2) is 9.81. The molecular formula is C26H25N9O3. The maximum atomic E-state index is 13.0. The Morgan fingerprint density at radius 2 is 1.95 bits per heavy atom. The molecule has 38 heavy (non-hydrogen) atoms. The number of anilines is 1. The predicted octanol–water partition coefficient (Wildman–Crippen LogP) is 2.23. The number of carbonyl (C=O) groups excluding carboxylic acids is 2. The summed E-state index contributed by atoms with van der Waals surface area (Å²) in [5.41, 5.74) is 2.93. The summed E-state index contributed by atoms with van der Waals surface area (Å²) in [4.78, 5) is 36.8. The lowest BCUT2D eigenvalue weighted by atomic mass is 10.2. The van der Waals surface area contributed by atoms with E-state index >= 15 is 0 Å². The van der Waals surface area contributed by atoms with Gasteiger partial charge in [0.25, 0.3) is 0 Å². The summed E-state index contributed by atoms with van der Waals surface area (Å²) in [6, 6.07) is 16.3. The van der Waals surface area contributed by atoms with Crippen LogP contribution in [0.2, 0.25) is 0 Å². The third-order valence-electron chi connectivity index (χ3n) is 6.31. The minimum Gasteiger partial charge on any atom is -0.445 e. The van der Waals surface area contributed by atoms with E-state index < -0.39 is 12.1 Å². The molecule has 2 aromatic carbocycles. The summed E-state index contributed by atoms with van der Waals surface area (Å²) in [7, 11) is 1.82. The number of benzene rings is 2. The quantitative estimate of drug-likeness (QED) is 0.367. The fourth-order valence-corrected chi connectivity index (χ4v) is 4.38. The molecule has 0 saturated carbocycles. The Morgan fingerprint density at radius 3 is 2.76 bits per heavy atom. The Kier molecular flexibility index (Phi) is 6.04. The van der Waals surface area contributed by atoms with Gasteiger partial charge < -0.3 is 20.3 Å². The van der Waals surface area contributed by atoms with Crippen molar-refractivity contribution in [3.63, 3.8) is 0 Å². The zero-order chi connectivity index (χ0) is 26.1. The average molecular weight is 512 g/mol. The van der Waals surface area contributed by atoms with Crippen molar-refractivity contribution >= 4 is 34.5 Å². The third kappa shape index (κ3) is 4.59. The number of aromatic nitrogens is 6. The molecular weight excluding hydrogens is 486 g/mol. The van der Waals surface area contributed by atoms with Gasteiger partial charge in [-0.1, -0.05) is 42.5 Å². The monoisotopic (exact) mass is 511 g/mol. The number of aryl methyl sites for hydroxylation is 1. The minimum absolute atomic E-state index is 0.0968. The van der Waals surface area contributed by atoms with Gasteiger partial charge in [0.1, 0.15) is 12.6 Å². The summed E-state index contributed by atoms with van der Waals surface area (Å²) in [6.45, 7) is 0.886. The van der Waals surface area contributed by atoms with Crippen molar-refractivity contribution in [3.8, 4) is 11.4 Å². The molecule has 192 valence electrons. The smallest absolute Gasteiger partial charge is 0.410 e. The SMILES string of the molecule is Cn1cc(-c2nc3c4ccccc4nc(NC4CN(C(=O)OCc5ccccc5)CCNC4=O)n3n2)cn1. The number of nitrogens with one attached hydrogen (secondary N) is 2. The molecule has 0 radical (unpaired) electrons. The Balaban J connectivity index is 1.30. The van der Waals surface area contributed by atoms with Crippen molar-refractivity contribution in [3.05, 3.63) is 72.6 Å². The lowest BCUT2D eigenvalue weighted by Gasteiger charge is -2.23. The van der Waals surface area contributed by atoms with Gasteiger partial charge in [0.2, 0.25) is 11.9 Å². The van der Waals surface area contributed by atoms with Crippen molar-refractivity contribution in [2.45, 2.75) is 12.6 Å². The van der Waals surface area contributed by atoms with Gasteiger partial charge in [-0.05, 0) is 17.7 Å². The van der Waals surface area contributed by atoms with Crippen LogP contribution in [0.4, 0.5) is 10.7 Å². The van der Waals surface area contributed by atoms with Gasteiger partial charge in [-0.15, -0.1) is 5.10 Å². The van der Waals surface area contributed by atoms with E-state index in [4.69, 9.17) is 14.7 Å². The lowest BCUT2D eigenvalue weighted by molar-refractivity contribution is -0.121. The van der Waals surface area contributed by atoms with Crippen LogP contribution in [0.3, 0.4) is 0 Å². The number of rotatable bonds is 5. The van der Waals surface area contributed by atoms with E-state index in [0.29, 0.717) is 36.0 Å². The molecule has 0 spiro atoms. The van der Waals surface area contributed by atoms with Crippen LogP contribution >= 0.6 is 0 Å². The van der Waals surface area contributed by atoms with Crippen molar-refractivity contribution in [2.75, 3.05) is 25.0 Å². The second-order valence-electron chi connectivity index (χ2n) is 9.00. The molecule has 1 aliphatic rings. The maximum Gasteiger partial charge on any atom is 0.410 e. The van der Waals surface area contributed by atoms with E-state index in [0.717, 1.165) is 16.5 Å². The van der Waals surface area contributed by atoms with Crippen LogP contribution < -0.4 is 10.6 Å². The average Bonchev–Trinajstić information content (AvgIpc) is 3.53. The van der Waals surface area contributed by atoms with Crippen LogP contribution in [0.1, 0.15) is 5.56 Å². The number of ether oxygens (including phenoxy) is 1. The molecule has 2 amide bonds. The topological polar surface area (TPSA) is 132 Å². The Labute approximate surface area is 217 Å². The Morgan fingerprint density at radius 1 is 1.13 bits per heavy atom. The molecule has 5 aromatic rings. The molecule has 3 aromatic heterocycles. The van der Waals surface area contributed by atoms with Gasteiger partial charge in [-0.3, -0.25) is 9.48 Å². The van der Waals surface area contributed by atoms with Crippen molar-refractivity contribution in [1.82, 2.24) is 39.6 Å². The Bertz CT molecular complexity index is 1630. The summed E-state index contributed by atoms with van der Waals surface area (Å²) in [5, 5.41) is 15.8. The number of carbonyl (C=O) groups is 2. The van der Waals surface area contributed by atoms with Crippen LogP contribution in [0.15, 0.2) is 67.0 Å². The van der Waals surface area contributed by atoms with Crippen molar-refractivity contribution < 1.29 is 14.3 Å². The molecule has 1 saturated heterocycles. The van der Waals surface area contributed by atoms with Gasteiger partial charge in [-0.25, -0.2) is 14.8 Å². The van der Waals surface area contributed by atoms with Crippen LogP contribution in [0.5, 0.6) is 0 Å². The van der Waals surface area contributed by atoms with Crippen molar-refractivity contribution in [2.24, 2.45) is 7.05 Å². The molecule has 1 unspecified atom stereocenters. The third-order valence-corrected chi connectivity index (χ3v) is 6.31. The highest BCUT2D eigenvalue weighted by Gasteiger charge is 2.30. The highest BCUT2D eigenvalue weighted by atomic mass is 16.6. The molecule has 12 nitrogen and oxygen atoms in total. The van der Waals surface area contributed by atoms with Gasteiger partial charge in [-0.2, -0.15) is 9.61 Å². The van der Waals surface area contributed by atoms with E-state index in [2.05, 4.69) is 20.8 Å². The molecule has 12 heteroatoms. The summed E-state index contributed by atoms with van der Waals surface area (Å²) in [6.07, 6.45) is 3.03. The number of amides is 2. The van der Waals surface area contributed by atoms with Crippen LogP contribution in [-0.4, -0.2) is 71.9 Å². The zero-order valence-electron chi connectivity index (χ0n) is 20.6. The summed E-state index contributed by atoms with van der Waals surface area (Å²) in [5.74, 6) is 0.566. The summed E-state index contributed by atoms with van der Waals surface area (Å²) < 4.78 is 8.77. The van der Waals surface area contributed by atoms with E-state index in [1.54, 1.807) is 15.4 Å². The van der Waals surface area contributed by atoms with E-state index in [1.807, 2.05) is 67.8 Å². The standard InChI is InChI=1S/C26H25N9O3/c1-33-14-18(13-28-33)22-31-23-19-9-5-6-10-20(19)29-25(35(23)32-22)30-21-15-34(12-11-27-24(21)36)26(37)38-16-17-7-3-2-4-8-17/h2-10,13-14,21H,11-12,15-16H2,1H3,(H,27,36)(H,29,30). The maximum absolute atomic E-state index is 13.0. The number of hydrogen-bond donors (Lipinski definition) is 2. The molecule has 0 aliphatic carbocycles. The molecule has 1 atom stereocenters. The molecule has 2 N–H and O–H groups in total. The fraction of sp³-hybridized carbons (Fsp3) is 0.231. The van der Waals surface area contributed by atoms with Gasteiger partial charge >= 0.3 is 6.09 Å². The molecule has 1 fully saturated rings. The first-order valence-electron chi connectivity index (χ1n) is 12.2. The highest BCUT2D eigenvalue weighted by molar-refractivity contribution is 5.93. The first-order valence-corrected chi connectivity index (χ1v) is 12.2. The zero-order valence-corrected chi connectivity index (χ0v) is 20.6. The highest BCUT2D eigenvalue weighted by Crippen LogP contribution is 2.24. The molecule has 1 aliphatic heterocycles. The van der Waals surface area contributed by atoms with E-state index in [9.17, 15) is 9.59 Å². The lowest BCUT2D eigenvalue weighted by Crippen LogP contribution is -2.44. The van der Waals surface area contributed by atoms with Crippen LogP contribution in [-0.2, 0) is 23.2 Å².